The van der Waals surface area contributed by atoms with Crippen LogP contribution in [0.4, 0.5) is 0 Å². The summed E-state index contributed by atoms with van der Waals surface area (Å²) in [5, 5.41) is 0. The smallest absolute Gasteiger partial charge is 0.403 e. The Balaban J connectivity index is 0.000000293. The van der Waals surface area contributed by atoms with Gasteiger partial charge in [-0.05, 0) is 19.4 Å². The zero-order chi connectivity index (χ0) is 12.2. The van der Waals surface area contributed by atoms with Crippen molar-refractivity contribution in [1.29, 1.82) is 0 Å². The molecule has 0 amide bonds. The number of hydrogen-bond donors (Lipinski definition) is 1. The van der Waals surface area contributed by atoms with E-state index in [9.17, 15) is 4.79 Å². The van der Waals surface area contributed by atoms with Crippen LogP contribution in [0.3, 0.4) is 0 Å². The molecule has 5 nitrogen and oxygen atoms in total. The molecule has 0 unspecified atom stereocenters. The molecule has 5 heteroatoms. The van der Waals surface area contributed by atoms with Crippen LogP contribution in [0.1, 0.15) is 29.8 Å². The molecular formula is C11H16NO4+. The molecule has 0 atom stereocenters. The quantitative estimate of drug-likeness (QED) is 0.278. The molecule has 1 aromatic rings. The van der Waals surface area contributed by atoms with Gasteiger partial charge in [-0.15, -0.1) is 12.3 Å². The highest BCUT2D eigenvalue weighted by Gasteiger charge is 2.14. The molecule has 0 aromatic carbocycles. The predicted molar refractivity (Wildman–Crippen MR) is 58.5 cm³/mol. The van der Waals surface area contributed by atoms with Crippen molar-refractivity contribution in [1.82, 2.24) is 0 Å². The molecule has 1 aromatic heterocycles. The van der Waals surface area contributed by atoms with E-state index in [1.54, 1.807) is 0 Å². The van der Waals surface area contributed by atoms with Crippen molar-refractivity contribution >= 4 is 5.97 Å². The van der Waals surface area contributed by atoms with Crippen LogP contribution in [-0.2, 0) is 4.74 Å². The zero-order valence-corrected chi connectivity index (χ0v) is 9.27. The molecule has 0 spiro atoms. The first-order chi connectivity index (χ1) is 7.76. The van der Waals surface area contributed by atoms with E-state index in [0.29, 0.717) is 0 Å². The van der Waals surface area contributed by atoms with Gasteiger partial charge in [0.25, 0.3) is 0 Å². The van der Waals surface area contributed by atoms with E-state index in [2.05, 4.69) is 19.8 Å². The molecular weight excluding hydrogens is 210 g/mol. The maximum Gasteiger partial charge on any atom is 0.403 e. The van der Waals surface area contributed by atoms with E-state index in [1.165, 1.54) is 19.4 Å². The predicted octanol–water partition coefficient (Wildman–Crippen LogP) is 1.69. The Hall–Kier alpha value is -1.80. The maximum atomic E-state index is 10.5. The fourth-order valence-corrected chi connectivity index (χ4v) is 0.771. The van der Waals surface area contributed by atoms with Crippen molar-refractivity contribution < 1.29 is 18.7 Å². The normalized spacial score (nSPS) is 8.56. The SMILES string of the molecule is C#CCCCCN.COC(=O)c1cc[o+]o1. The minimum Gasteiger partial charge on any atom is -0.463 e. The van der Waals surface area contributed by atoms with Gasteiger partial charge in [0, 0.05) is 11.0 Å². The molecule has 0 saturated carbocycles. The van der Waals surface area contributed by atoms with E-state index < -0.39 is 5.97 Å². The zero-order valence-electron chi connectivity index (χ0n) is 9.27. The Morgan fingerprint density at radius 3 is 2.88 bits per heavy atom. The molecule has 0 saturated heterocycles. The van der Waals surface area contributed by atoms with Crippen LogP contribution >= 0.6 is 0 Å². The highest BCUT2D eigenvalue weighted by atomic mass is 17.0. The minimum absolute atomic E-state index is 0.0671. The Labute approximate surface area is 94.5 Å². The Kier molecular flexibility index (Phi) is 8.65. The lowest BCUT2D eigenvalue weighted by Gasteiger charge is -1.86. The topological polar surface area (TPSA) is 76.8 Å². The van der Waals surface area contributed by atoms with Gasteiger partial charge in [-0.3, -0.25) is 0 Å². The molecule has 2 N–H and O–H groups in total. The van der Waals surface area contributed by atoms with Crippen molar-refractivity contribution in [3.63, 3.8) is 0 Å². The van der Waals surface area contributed by atoms with E-state index in [1.807, 2.05) is 0 Å². The third-order valence-electron chi connectivity index (χ3n) is 1.57. The Morgan fingerprint density at radius 2 is 2.44 bits per heavy atom. The van der Waals surface area contributed by atoms with Crippen LogP contribution in [0.15, 0.2) is 21.5 Å². The fraction of sp³-hybridized carbons (Fsp3) is 0.455. The average Bonchev–Trinajstić information content (AvgIpc) is 2.83. The van der Waals surface area contributed by atoms with Crippen molar-refractivity contribution in [2.24, 2.45) is 5.73 Å². The van der Waals surface area contributed by atoms with Crippen LogP contribution in [0.25, 0.3) is 0 Å². The molecule has 0 bridgehead atoms. The number of carbonyl (C=O) groups is 1. The highest BCUT2D eigenvalue weighted by molar-refractivity contribution is 5.85. The summed E-state index contributed by atoms with van der Waals surface area (Å²) in [5.74, 6) is 2.08. The molecule has 88 valence electrons. The average molecular weight is 226 g/mol. The molecule has 0 radical (unpaired) electrons. The monoisotopic (exact) mass is 226 g/mol. The number of carbonyl (C=O) groups excluding carboxylic acids is 1. The van der Waals surface area contributed by atoms with Gasteiger partial charge < -0.3 is 10.5 Å². The largest absolute Gasteiger partial charge is 0.463 e. The molecule has 16 heavy (non-hydrogen) atoms. The molecule has 0 aliphatic heterocycles. The van der Waals surface area contributed by atoms with E-state index in [-0.39, 0.29) is 5.76 Å². The number of rotatable bonds is 4. The maximum absolute atomic E-state index is 10.5. The summed E-state index contributed by atoms with van der Waals surface area (Å²) in [6.07, 6.45) is 9.24. The van der Waals surface area contributed by atoms with Crippen molar-refractivity contribution in [3.8, 4) is 12.3 Å². The second-order valence-electron chi connectivity index (χ2n) is 2.79. The van der Waals surface area contributed by atoms with Gasteiger partial charge in [0.15, 0.2) is 0 Å². The first kappa shape index (κ1) is 14.2. The fourth-order valence-electron chi connectivity index (χ4n) is 0.771. The van der Waals surface area contributed by atoms with E-state index in [0.717, 1.165) is 25.8 Å². The summed E-state index contributed by atoms with van der Waals surface area (Å²) in [6.45, 7) is 0.766. The van der Waals surface area contributed by atoms with E-state index in [4.69, 9.17) is 12.2 Å². The van der Waals surface area contributed by atoms with Gasteiger partial charge in [0.1, 0.15) is 6.07 Å². The van der Waals surface area contributed by atoms with Crippen LogP contribution < -0.4 is 5.73 Å². The van der Waals surface area contributed by atoms with Gasteiger partial charge >= 0.3 is 18.0 Å². The molecule has 0 aliphatic carbocycles. The highest BCUT2D eigenvalue weighted by Crippen LogP contribution is 2.00. The second kappa shape index (κ2) is 9.74. The van der Waals surface area contributed by atoms with Crippen LogP contribution in [0, 0.1) is 12.3 Å². The number of nitrogens with two attached hydrogens (primary N) is 1. The van der Waals surface area contributed by atoms with Crippen molar-refractivity contribution in [2.45, 2.75) is 19.3 Å². The summed E-state index contributed by atoms with van der Waals surface area (Å²) in [7, 11) is 1.27. The number of methoxy groups -OCH3 is 1. The lowest BCUT2D eigenvalue weighted by molar-refractivity contribution is 0.0265. The molecule has 0 fully saturated rings. The van der Waals surface area contributed by atoms with Crippen molar-refractivity contribution in [2.75, 3.05) is 13.7 Å². The summed E-state index contributed by atoms with van der Waals surface area (Å²) in [4.78, 5) is 10.5. The van der Waals surface area contributed by atoms with Crippen LogP contribution in [0.5, 0.6) is 0 Å². The Bertz CT molecular complexity index is 313. The summed E-state index contributed by atoms with van der Waals surface area (Å²) in [5.41, 5.74) is 5.20. The van der Waals surface area contributed by atoms with Crippen LogP contribution in [-0.4, -0.2) is 19.6 Å². The first-order valence-electron chi connectivity index (χ1n) is 4.85. The molecule has 1 rings (SSSR count). The molecule has 1 heterocycles. The third-order valence-corrected chi connectivity index (χ3v) is 1.57. The number of esters is 1. The number of terminal acetylenes is 1. The third kappa shape index (κ3) is 6.62. The van der Waals surface area contributed by atoms with Gasteiger partial charge in [0.2, 0.25) is 0 Å². The summed E-state index contributed by atoms with van der Waals surface area (Å²) in [6, 6.07) is 1.38. The van der Waals surface area contributed by atoms with Gasteiger partial charge in [-0.25, -0.2) is 4.79 Å². The number of ether oxygens (including phenoxy) is 1. The molecule has 0 aliphatic rings. The van der Waals surface area contributed by atoms with Gasteiger partial charge in [-0.1, -0.05) is 4.58 Å². The summed E-state index contributed by atoms with van der Waals surface area (Å²) < 4.78 is 12.9. The number of unbranched alkanes of at least 4 members (excludes halogenated alkanes) is 2. The lowest BCUT2D eigenvalue weighted by Crippen LogP contribution is -1.97. The first-order valence-corrected chi connectivity index (χ1v) is 4.85. The van der Waals surface area contributed by atoms with Crippen LogP contribution in [0.2, 0.25) is 0 Å². The second-order valence-corrected chi connectivity index (χ2v) is 2.79. The van der Waals surface area contributed by atoms with Gasteiger partial charge in [-0.2, -0.15) is 0 Å². The Morgan fingerprint density at radius 1 is 1.69 bits per heavy atom. The summed E-state index contributed by atoms with van der Waals surface area (Å²) >= 11 is 0. The van der Waals surface area contributed by atoms with E-state index >= 15 is 0 Å². The minimum atomic E-state index is -0.538. The van der Waals surface area contributed by atoms with Crippen molar-refractivity contribution in [3.05, 3.63) is 18.1 Å². The standard InChI is InChI=1S/C6H11N.C5H5O4/c1-2-3-4-5-6-7;1-7-5(6)4-2-3-8-9-4/h1H,3-7H2;2-3H,1H3/q;+1. The van der Waals surface area contributed by atoms with Gasteiger partial charge in [0.05, 0.1) is 7.11 Å². The number of hydrogen-bond acceptors (Lipinski definition) is 4. The lowest BCUT2D eigenvalue weighted by atomic mass is 10.2.